The molecular formula is C13H28N2O. The van der Waals surface area contributed by atoms with Gasteiger partial charge in [0.25, 0.3) is 0 Å². The van der Waals surface area contributed by atoms with Crippen molar-refractivity contribution >= 4 is 5.91 Å². The predicted octanol–water partition coefficient (Wildman–Crippen LogP) is 2.74. The molecule has 0 saturated heterocycles. The van der Waals surface area contributed by atoms with Crippen molar-refractivity contribution in [2.45, 2.75) is 65.8 Å². The second kappa shape index (κ2) is 9.40. The Bertz CT molecular complexity index is 214. The summed E-state index contributed by atoms with van der Waals surface area (Å²) < 4.78 is 0. The highest BCUT2D eigenvalue weighted by Gasteiger charge is 2.03. The Hall–Kier alpha value is -0.830. The van der Waals surface area contributed by atoms with E-state index >= 15 is 0 Å². The van der Waals surface area contributed by atoms with Crippen LogP contribution in [0.4, 0.5) is 0 Å². The summed E-state index contributed by atoms with van der Waals surface area (Å²) in [6.07, 6.45) is 6.19. The van der Waals surface area contributed by atoms with E-state index in [4.69, 9.17) is 11.5 Å². The minimum Gasteiger partial charge on any atom is -0.366 e. The molecule has 0 saturated carbocycles. The molecule has 0 atom stereocenters. The van der Waals surface area contributed by atoms with Crippen LogP contribution >= 0.6 is 0 Å². The average molecular weight is 228 g/mol. The van der Waals surface area contributed by atoms with Gasteiger partial charge in [-0.1, -0.05) is 32.8 Å². The van der Waals surface area contributed by atoms with Crippen LogP contribution in [0.5, 0.6) is 0 Å². The van der Waals surface area contributed by atoms with Gasteiger partial charge in [-0.3, -0.25) is 4.79 Å². The summed E-state index contributed by atoms with van der Waals surface area (Å²) in [5, 5.41) is 0. The number of rotatable bonds is 5. The zero-order valence-electron chi connectivity index (χ0n) is 11.5. The Kier molecular flexibility index (Phi) is 10.3. The molecule has 1 amide bonds. The molecule has 4 N–H and O–H groups in total. The molecule has 0 aromatic heterocycles. The van der Waals surface area contributed by atoms with Crippen molar-refractivity contribution in [1.82, 2.24) is 0 Å². The maximum absolute atomic E-state index is 10.4. The Morgan fingerprint density at radius 3 is 2.00 bits per heavy atom. The van der Waals surface area contributed by atoms with Gasteiger partial charge >= 0.3 is 0 Å². The molecule has 3 heteroatoms. The minimum absolute atomic E-state index is 0.0417. The predicted molar refractivity (Wildman–Crippen MR) is 71.0 cm³/mol. The Labute approximate surface area is 100 Å². The number of hydrogen-bond donors (Lipinski definition) is 2. The second-order valence-corrected chi connectivity index (χ2v) is 4.74. The Morgan fingerprint density at radius 1 is 1.31 bits per heavy atom. The lowest BCUT2D eigenvalue weighted by molar-refractivity contribution is -0.114. The summed E-state index contributed by atoms with van der Waals surface area (Å²) in [6.45, 7) is 9.99. The lowest BCUT2D eigenvalue weighted by Gasteiger charge is -2.13. The highest BCUT2D eigenvalue weighted by atomic mass is 16.1. The number of nitrogens with two attached hydrogens (primary N) is 2. The van der Waals surface area contributed by atoms with E-state index in [9.17, 15) is 4.79 Å². The van der Waals surface area contributed by atoms with Crippen LogP contribution in [0.15, 0.2) is 11.6 Å². The first kappa shape index (κ1) is 17.6. The maximum Gasteiger partial charge on any atom is 0.244 e. The number of amides is 1. The minimum atomic E-state index is -0.309. The molecule has 0 aliphatic rings. The Morgan fingerprint density at radius 2 is 1.75 bits per heavy atom. The summed E-state index contributed by atoms with van der Waals surface area (Å²) in [5.74, 6) is -0.309. The third-order valence-electron chi connectivity index (χ3n) is 2.31. The molecular weight excluding hydrogens is 200 g/mol. The van der Waals surface area contributed by atoms with Crippen LogP contribution in [-0.2, 0) is 4.79 Å². The van der Waals surface area contributed by atoms with E-state index < -0.39 is 0 Å². The summed E-state index contributed by atoms with van der Waals surface area (Å²) in [4.78, 5) is 10.4. The number of carbonyl (C=O) groups excluding carboxylic acids is 1. The van der Waals surface area contributed by atoms with Crippen LogP contribution in [0, 0.1) is 0 Å². The summed E-state index contributed by atoms with van der Waals surface area (Å²) in [7, 11) is 0. The van der Waals surface area contributed by atoms with Crippen molar-refractivity contribution in [2.75, 3.05) is 0 Å². The number of allylic oxidation sites excluding steroid dienone is 1. The molecule has 0 aliphatic carbocycles. The number of hydrogen-bond acceptors (Lipinski definition) is 2. The van der Waals surface area contributed by atoms with Gasteiger partial charge in [-0.05, 0) is 33.6 Å². The number of primary amides is 1. The second-order valence-electron chi connectivity index (χ2n) is 4.74. The third-order valence-corrected chi connectivity index (χ3v) is 2.31. The normalized spacial score (nSPS) is 11.8. The van der Waals surface area contributed by atoms with Crippen molar-refractivity contribution < 1.29 is 4.79 Å². The van der Waals surface area contributed by atoms with Gasteiger partial charge in [0.1, 0.15) is 0 Å². The largest absolute Gasteiger partial charge is 0.366 e. The van der Waals surface area contributed by atoms with Gasteiger partial charge in [-0.15, -0.1) is 0 Å². The van der Waals surface area contributed by atoms with Gasteiger partial charge in [-0.2, -0.15) is 0 Å². The molecule has 96 valence electrons. The molecule has 0 unspecified atom stereocenters. The Balaban J connectivity index is 0. The van der Waals surface area contributed by atoms with Crippen molar-refractivity contribution in [3.05, 3.63) is 11.6 Å². The molecule has 0 aromatic rings. The molecule has 0 heterocycles. The lowest BCUT2D eigenvalue weighted by atomic mass is 10.1. The van der Waals surface area contributed by atoms with Gasteiger partial charge in [0.05, 0.1) is 0 Å². The van der Waals surface area contributed by atoms with Crippen molar-refractivity contribution in [1.29, 1.82) is 0 Å². The van der Waals surface area contributed by atoms with Crippen molar-refractivity contribution in [3.63, 3.8) is 0 Å². The van der Waals surface area contributed by atoms with E-state index in [0.29, 0.717) is 5.57 Å². The maximum atomic E-state index is 10.4. The first-order valence-corrected chi connectivity index (χ1v) is 6.00. The van der Waals surface area contributed by atoms with Crippen LogP contribution in [0.1, 0.15) is 60.3 Å². The van der Waals surface area contributed by atoms with Gasteiger partial charge in [0.15, 0.2) is 0 Å². The van der Waals surface area contributed by atoms with Crippen molar-refractivity contribution in [3.8, 4) is 0 Å². The molecule has 0 radical (unpaired) electrons. The highest BCUT2D eigenvalue weighted by Crippen LogP contribution is 1.99. The number of carbonyl (C=O) groups is 1. The molecule has 0 aromatic carbocycles. The zero-order valence-corrected chi connectivity index (χ0v) is 11.5. The van der Waals surface area contributed by atoms with Crippen LogP contribution in [-0.4, -0.2) is 11.4 Å². The first-order valence-electron chi connectivity index (χ1n) is 6.00. The van der Waals surface area contributed by atoms with Crippen LogP contribution < -0.4 is 11.5 Å². The first-order chi connectivity index (χ1) is 7.24. The fourth-order valence-electron chi connectivity index (χ4n) is 0.623. The third kappa shape index (κ3) is 15.6. The molecule has 0 bridgehead atoms. The lowest BCUT2D eigenvalue weighted by Crippen LogP contribution is -2.30. The monoisotopic (exact) mass is 228 g/mol. The fourth-order valence-corrected chi connectivity index (χ4v) is 0.623. The van der Waals surface area contributed by atoms with E-state index in [-0.39, 0.29) is 11.4 Å². The van der Waals surface area contributed by atoms with Crippen LogP contribution in [0.3, 0.4) is 0 Å². The van der Waals surface area contributed by atoms with Crippen LogP contribution in [0.25, 0.3) is 0 Å². The average Bonchev–Trinajstić information content (AvgIpc) is 2.17. The SMILES string of the molecule is CCC(C)(C)N.CCCCC=C(C)C(N)=O. The quantitative estimate of drug-likeness (QED) is 0.561. The van der Waals surface area contributed by atoms with Crippen LogP contribution in [0.2, 0.25) is 0 Å². The topological polar surface area (TPSA) is 69.1 Å². The van der Waals surface area contributed by atoms with E-state index in [2.05, 4.69) is 13.8 Å². The molecule has 16 heavy (non-hydrogen) atoms. The smallest absolute Gasteiger partial charge is 0.244 e. The summed E-state index contributed by atoms with van der Waals surface area (Å²) in [6, 6.07) is 0. The van der Waals surface area contributed by atoms with Gasteiger partial charge < -0.3 is 11.5 Å². The van der Waals surface area contributed by atoms with E-state index in [0.717, 1.165) is 25.7 Å². The van der Waals surface area contributed by atoms with Gasteiger partial charge in [-0.25, -0.2) is 0 Å². The van der Waals surface area contributed by atoms with E-state index in [1.807, 2.05) is 19.9 Å². The van der Waals surface area contributed by atoms with E-state index in [1.54, 1.807) is 6.92 Å². The zero-order chi connectivity index (χ0) is 13.2. The molecule has 0 spiro atoms. The van der Waals surface area contributed by atoms with E-state index in [1.165, 1.54) is 0 Å². The number of unbranched alkanes of at least 4 members (excludes halogenated alkanes) is 2. The summed E-state index contributed by atoms with van der Waals surface area (Å²) >= 11 is 0. The molecule has 3 nitrogen and oxygen atoms in total. The molecule has 0 fully saturated rings. The van der Waals surface area contributed by atoms with Gasteiger partial charge in [0, 0.05) is 11.1 Å². The molecule has 0 aliphatic heterocycles. The van der Waals surface area contributed by atoms with Gasteiger partial charge in [0.2, 0.25) is 5.91 Å². The fraction of sp³-hybridized carbons (Fsp3) is 0.769. The van der Waals surface area contributed by atoms with Crippen molar-refractivity contribution in [2.24, 2.45) is 11.5 Å². The molecule has 0 rings (SSSR count). The standard InChI is InChI=1S/C8H15NO.C5H13N/c1-3-4-5-6-7(2)8(9)10;1-4-5(2,3)6/h6H,3-5H2,1-2H3,(H2,9,10);4,6H2,1-3H3. The summed E-state index contributed by atoms with van der Waals surface area (Å²) in [5.41, 5.74) is 11.3. The highest BCUT2D eigenvalue weighted by molar-refractivity contribution is 5.91.